The molecule has 1 fully saturated rings. The van der Waals surface area contributed by atoms with E-state index in [-0.39, 0.29) is 46.8 Å². The smallest absolute Gasteiger partial charge is 0.227 e. The molecule has 3 heterocycles. The lowest BCUT2D eigenvalue weighted by Crippen LogP contribution is -2.42. The summed E-state index contributed by atoms with van der Waals surface area (Å²) >= 11 is 0. The molecule has 1 atom stereocenters. The van der Waals surface area contributed by atoms with Crippen LogP contribution in [-0.4, -0.2) is 53.7 Å². The molecule has 2 aliphatic heterocycles. The number of fused-ring (bicyclic) bond motifs is 1. The fourth-order valence-electron chi connectivity index (χ4n) is 5.16. The van der Waals surface area contributed by atoms with E-state index in [9.17, 15) is 8.78 Å². The van der Waals surface area contributed by atoms with Crippen LogP contribution in [0.15, 0.2) is 36.5 Å². The monoisotopic (exact) mass is 511 g/mol. The maximum Gasteiger partial charge on any atom is 0.227 e. The average Bonchev–Trinajstić information content (AvgIpc) is 2.86. The van der Waals surface area contributed by atoms with Crippen molar-refractivity contribution in [2.75, 3.05) is 36.9 Å². The van der Waals surface area contributed by atoms with Crippen molar-refractivity contribution in [3.63, 3.8) is 0 Å². The minimum absolute atomic E-state index is 0.0510. The Hall–Kier alpha value is -3.33. The van der Waals surface area contributed by atoms with Crippen LogP contribution < -0.4 is 15.0 Å². The van der Waals surface area contributed by atoms with Gasteiger partial charge in [-0.2, -0.15) is 0 Å². The van der Waals surface area contributed by atoms with Crippen LogP contribution >= 0.6 is 0 Å². The van der Waals surface area contributed by atoms with Crippen molar-refractivity contribution in [2.45, 2.75) is 51.7 Å². The second-order valence-corrected chi connectivity index (χ2v) is 10.3. The Morgan fingerprint density at radius 1 is 1.03 bits per heavy atom. The summed E-state index contributed by atoms with van der Waals surface area (Å²) < 4.78 is 50.6. The summed E-state index contributed by atoms with van der Waals surface area (Å²) in [4.78, 5) is 12.6. The summed E-state index contributed by atoms with van der Waals surface area (Å²) in [5.41, 5.74) is 1.94. The highest BCUT2D eigenvalue weighted by Crippen LogP contribution is 2.40. The van der Waals surface area contributed by atoms with E-state index in [1.807, 2.05) is 25.7 Å². The van der Waals surface area contributed by atoms with Gasteiger partial charge in [0.05, 0.1) is 18.4 Å². The summed E-state index contributed by atoms with van der Waals surface area (Å²) in [6, 6.07) is 7.99. The molecule has 5 rings (SSSR count). The zero-order chi connectivity index (χ0) is 26.3. The van der Waals surface area contributed by atoms with Gasteiger partial charge in [0, 0.05) is 17.3 Å². The van der Waals surface area contributed by atoms with Crippen molar-refractivity contribution in [2.24, 2.45) is 0 Å². The van der Waals surface area contributed by atoms with E-state index in [0.29, 0.717) is 23.5 Å². The van der Waals surface area contributed by atoms with E-state index in [2.05, 4.69) is 27.2 Å². The number of rotatable bonds is 5. The average molecular weight is 512 g/mol. The molecule has 3 aromatic rings. The highest BCUT2D eigenvalue weighted by atomic mass is 19.1. The topological polar surface area (TPSA) is 53.5 Å². The molecule has 2 aliphatic rings. The van der Waals surface area contributed by atoms with E-state index >= 15 is 4.39 Å². The molecule has 0 spiro atoms. The van der Waals surface area contributed by atoms with Crippen LogP contribution in [0, 0.1) is 17.5 Å². The van der Waals surface area contributed by atoms with Crippen molar-refractivity contribution < 1.29 is 17.9 Å². The Kier molecular flexibility index (Phi) is 6.98. The molecule has 1 N–H and O–H groups in total. The number of aromatic nitrogens is 2. The summed E-state index contributed by atoms with van der Waals surface area (Å²) in [6.45, 7) is 8.38. The van der Waals surface area contributed by atoms with Crippen molar-refractivity contribution in [1.82, 2.24) is 14.9 Å². The molecule has 0 radical (unpaired) electrons. The Morgan fingerprint density at radius 3 is 2.49 bits per heavy atom. The lowest BCUT2D eigenvalue weighted by molar-refractivity contribution is 0.199. The molecule has 9 heteroatoms. The number of ether oxygens (including phenoxy) is 1. The van der Waals surface area contributed by atoms with Crippen molar-refractivity contribution in [3.05, 3.63) is 59.5 Å². The number of nitrogens with one attached hydrogen (secondary N) is 1. The number of likely N-dealkylation sites (tertiary alicyclic amines) is 1. The third kappa shape index (κ3) is 5.23. The minimum Gasteiger partial charge on any atom is -0.484 e. The summed E-state index contributed by atoms with van der Waals surface area (Å²) in [7, 11) is 2.07. The highest BCUT2D eigenvalue weighted by molar-refractivity contribution is 5.73. The van der Waals surface area contributed by atoms with Crippen LogP contribution in [0.3, 0.4) is 0 Å². The molecular formula is C28H32F3N5O. The quantitative estimate of drug-likeness (QED) is 0.446. The Morgan fingerprint density at radius 2 is 1.78 bits per heavy atom. The van der Waals surface area contributed by atoms with Gasteiger partial charge in [-0.3, -0.25) is 0 Å². The number of benzene rings is 2. The molecule has 0 amide bonds. The molecule has 0 aliphatic carbocycles. The van der Waals surface area contributed by atoms with Gasteiger partial charge in [0.1, 0.15) is 17.6 Å². The molecule has 6 nitrogen and oxygen atoms in total. The van der Waals surface area contributed by atoms with Crippen LogP contribution in [0.1, 0.15) is 45.1 Å². The van der Waals surface area contributed by atoms with Gasteiger partial charge in [0.2, 0.25) is 5.95 Å². The summed E-state index contributed by atoms with van der Waals surface area (Å²) in [6.07, 6.45) is 2.69. The lowest BCUT2D eigenvalue weighted by Gasteiger charge is -2.38. The second-order valence-electron chi connectivity index (χ2n) is 10.3. The van der Waals surface area contributed by atoms with Crippen LogP contribution in [-0.2, 0) is 0 Å². The third-order valence-electron chi connectivity index (χ3n) is 7.16. The fraction of sp³-hybridized carbons (Fsp3) is 0.429. The fourth-order valence-corrected chi connectivity index (χ4v) is 5.16. The first-order valence-corrected chi connectivity index (χ1v) is 12.7. The number of hydrogen-bond acceptors (Lipinski definition) is 6. The van der Waals surface area contributed by atoms with Crippen LogP contribution in [0.5, 0.6) is 5.75 Å². The number of halogens is 3. The number of anilines is 3. The largest absolute Gasteiger partial charge is 0.484 e. The second kappa shape index (κ2) is 10.2. The van der Waals surface area contributed by atoms with Crippen LogP contribution in [0.4, 0.5) is 30.5 Å². The Labute approximate surface area is 215 Å². The highest BCUT2D eigenvalue weighted by Gasteiger charge is 2.29. The van der Waals surface area contributed by atoms with Gasteiger partial charge >= 0.3 is 0 Å². The lowest BCUT2D eigenvalue weighted by atomic mass is 9.89. The Bertz CT molecular complexity index is 1290. The van der Waals surface area contributed by atoms with Crippen LogP contribution in [0.25, 0.3) is 11.3 Å². The van der Waals surface area contributed by atoms with Crippen LogP contribution in [0.2, 0.25) is 0 Å². The summed E-state index contributed by atoms with van der Waals surface area (Å²) in [5.74, 6) is -1.12. The minimum atomic E-state index is -0.685. The van der Waals surface area contributed by atoms with Gasteiger partial charge in [0.25, 0.3) is 0 Å². The first-order valence-electron chi connectivity index (χ1n) is 12.7. The summed E-state index contributed by atoms with van der Waals surface area (Å²) in [5, 5.41) is 2.96. The first kappa shape index (κ1) is 25.3. The van der Waals surface area contributed by atoms with Gasteiger partial charge < -0.3 is 19.9 Å². The first-order chi connectivity index (χ1) is 17.7. The Balaban J connectivity index is 1.42. The predicted molar refractivity (Wildman–Crippen MR) is 139 cm³/mol. The normalized spacial score (nSPS) is 18.6. The van der Waals surface area contributed by atoms with E-state index in [4.69, 9.17) is 4.74 Å². The maximum atomic E-state index is 15.1. The molecular weight excluding hydrogens is 479 g/mol. The maximum absolute atomic E-state index is 15.1. The third-order valence-corrected chi connectivity index (χ3v) is 7.16. The number of hydrogen-bond donors (Lipinski definition) is 1. The predicted octanol–water partition coefficient (Wildman–Crippen LogP) is 6.11. The van der Waals surface area contributed by atoms with Gasteiger partial charge in [0.15, 0.2) is 17.4 Å². The molecule has 0 bridgehead atoms. The zero-order valence-corrected chi connectivity index (χ0v) is 21.6. The molecule has 37 heavy (non-hydrogen) atoms. The molecule has 1 unspecified atom stereocenters. The zero-order valence-electron chi connectivity index (χ0n) is 21.6. The SMILES string of the molecule is CC1CN(C(C)C)c2cc(-c3nc(Nc4ccc(C5CCN(C)CC5)c(F)c4)ncc3F)cc(F)c2O1. The van der Waals surface area contributed by atoms with Gasteiger partial charge in [-0.05, 0) is 89.5 Å². The van der Waals surface area contributed by atoms with E-state index < -0.39 is 11.6 Å². The number of nitrogens with zero attached hydrogens (tertiary/aromatic N) is 4. The van der Waals surface area contributed by atoms with E-state index in [1.165, 1.54) is 12.1 Å². The molecule has 1 aromatic heterocycles. The van der Waals surface area contributed by atoms with Crippen molar-refractivity contribution >= 4 is 17.3 Å². The molecule has 1 saturated heterocycles. The van der Waals surface area contributed by atoms with E-state index in [1.54, 1.807) is 18.2 Å². The molecule has 2 aromatic carbocycles. The molecule has 196 valence electrons. The number of piperidine rings is 1. The molecule has 0 saturated carbocycles. The standard InChI is InChI=1S/C28H32F3N5O/c1-16(2)36-15-17(3)37-27-23(30)11-19(12-25(27)36)26-24(31)14-32-28(34-26)33-20-5-6-21(22(29)13-20)18-7-9-35(4)10-8-18/h5-6,11-14,16-18H,7-10,15H2,1-4H3,(H,32,33,34). The van der Waals surface area contributed by atoms with Gasteiger partial charge in [-0.15, -0.1) is 0 Å². The van der Waals surface area contributed by atoms with Crippen molar-refractivity contribution in [3.8, 4) is 17.0 Å². The van der Waals surface area contributed by atoms with Crippen molar-refractivity contribution in [1.29, 1.82) is 0 Å². The van der Waals surface area contributed by atoms with Gasteiger partial charge in [-0.25, -0.2) is 23.1 Å². The van der Waals surface area contributed by atoms with E-state index in [0.717, 1.165) is 32.1 Å². The van der Waals surface area contributed by atoms with Gasteiger partial charge in [-0.1, -0.05) is 6.07 Å².